The minimum Gasteiger partial charge on any atom is -0.483 e. The molecular weight excluding hydrogens is 409 g/mol. The topological polar surface area (TPSA) is 70.7 Å². The van der Waals surface area contributed by atoms with Crippen molar-refractivity contribution in [1.82, 2.24) is 5.32 Å². The van der Waals surface area contributed by atoms with E-state index in [1.54, 1.807) is 30.3 Å². The van der Waals surface area contributed by atoms with Crippen LogP contribution in [0.25, 0.3) is 0 Å². The van der Waals surface area contributed by atoms with Gasteiger partial charge in [-0.3, -0.25) is 9.59 Å². The van der Waals surface area contributed by atoms with Crippen LogP contribution in [0.3, 0.4) is 0 Å². The fourth-order valence-corrected chi connectivity index (χ4v) is 3.06. The Morgan fingerprint density at radius 3 is 2.38 bits per heavy atom. The van der Waals surface area contributed by atoms with Gasteiger partial charge in [0.15, 0.2) is 6.61 Å². The predicted octanol–water partition coefficient (Wildman–Crippen LogP) is 4.10. The minimum absolute atomic E-state index is 0.0565. The summed E-state index contributed by atoms with van der Waals surface area (Å²) >= 11 is 0. The van der Waals surface area contributed by atoms with E-state index in [9.17, 15) is 14.0 Å². The van der Waals surface area contributed by atoms with Crippen LogP contribution in [0.4, 0.5) is 15.8 Å². The highest BCUT2D eigenvalue weighted by molar-refractivity contribution is 5.97. The lowest BCUT2D eigenvalue weighted by molar-refractivity contribution is -0.118. The molecule has 6 nitrogen and oxygen atoms in total. The first-order valence-corrected chi connectivity index (χ1v) is 10.3. The second kappa shape index (κ2) is 10.9. The summed E-state index contributed by atoms with van der Waals surface area (Å²) in [4.78, 5) is 27.0. The molecule has 3 rings (SSSR count). The number of hydrogen-bond donors (Lipinski definition) is 2. The van der Waals surface area contributed by atoms with Gasteiger partial charge < -0.3 is 20.3 Å². The molecule has 0 heterocycles. The van der Waals surface area contributed by atoms with Crippen molar-refractivity contribution < 1.29 is 18.7 Å². The van der Waals surface area contributed by atoms with Gasteiger partial charge in [0.2, 0.25) is 0 Å². The number of nitrogens with one attached hydrogen (secondary N) is 2. The second-order valence-corrected chi connectivity index (χ2v) is 7.32. The average molecular weight is 435 g/mol. The van der Waals surface area contributed by atoms with Crippen molar-refractivity contribution in [2.75, 3.05) is 30.4 Å². The Morgan fingerprint density at radius 2 is 1.62 bits per heavy atom. The highest BCUT2D eigenvalue weighted by Gasteiger charge is 2.16. The summed E-state index contributed by atoms with van der Waals surface area (Å²) in [5.41, 5.74) is 1.45. The standard InChI is InChI=1S/C25H26FN3O3/c1-18(29(2)19-10-4-3-5-11-19)16-27-25(31)20-12-6-9-15-23(20)32-17-24(30)28-22-14-8-7-13-21(22)26/h3-15,18H,16-17H2,1-2H3,(H,27,31)(H,28,30). The first-order valence-electron chi connectivity index (χ1n) is 10.3. The molecule has 2 amide bonds. The molecule has 0 aliphatic heterocycles. The number of ether oxygens (including phenoxy) is 1. The van der Waals surface area contributed by atoms with Gasteiger partial charge >= 0.3 is 0 Å². The number of para-hydroxylation sites is 3. The molecule has 3 aromatic rings. The van der Waals surface area contributed by atoms with Crippen molar-refractivity contribution in [3.05, 3.63) is 90.2 Å². The Labute approximate surface area is 187 Å². The molecule has 0 saturated carbocycles. The highest BCUT2D eigenvalue weighted by atomic mass is 19.1. The molecule has 1 atom stereocenters. The van der Waals surface area contributed by atoms with Gasteiger partial charge in [-0.1, -0.05) is 42.5 Å². The van der Waals surface area contributed by atoms with E-state index in [2.05, 4.69) is 15.5 Å². The summed E-state index contributed by atoms with van der Waals surface area (Å²) in [6, 6.07) is 22.5. The molecule has 0 radical (unpaired) electrons. The van der Waals surface area contributed by atoms with Gasteiger partial charge in [-0.15, -0.1) is 0 Å². The number of anilines is 2. The number of halogens is 1. The molecule has 0 saturated heterocycles. The summed E-state index contributed by atoms with van der Waals surface area (Å²) in [5, 5.41) is 5.37. The quantitative estimate of drug-likeness (QED) is 0.531. The fraction of sp³-hybridized carbons (Fsp3) is 0.200. The molecule has 0 fully saturated rings. The summed E-state index contributed by atoms with van der Waals surface area (Å²) in [5.74, 6) is -1.08. The normalized spacial score (nSPS) is 11.3. The lowest BCUT2D eigenvalue weighted by atomic mass is 10.1. The molecule has 3 aromatic carbocycles. The van der Waals surface area contributed by atoms with Crippen LogP contribution in [-0.4, -0.2) is 38.1 Å². The Hall–Kier alpha value is -3.87. The third-order valence-corrected chi connectivity index (χ3v) is 5.02. The maximum Gasteiger partial charge on any atom is 0.262 e. The van der Waals surface area contributed by atoms with Crippen LogP contribution < -0.4 is 20.3 Å². The number of amides is 2. The molecule has 0 spiro atoms. The number of benzene rings is 3. The summed E-state index contributed by atoms with van der Waals surface area (Å²) < 4.78 is 19.2. The van der Waals surface area contributed by atoms with Gasteiger partial charge in [0.25, 0.3) is 11.8 Å². The third kappa shape index (κ3) is 6.07. The molecule has 166 valence electrons. The Morgan fingerprint density at radius 1 is 0.969 bits per heavy atom. The zero-order valence-corrected chi connectivity index (χ0v) is 18.0. The van der Waals surface area contributed by atoms with Crippen LogP contribution >= 0.6 is 0 Å². The lowest BCUT2D eigenvalue weighted by Crippen LogP contribution is -2.40. The maximum atomic E-state index is 13.7. The van der Waals surface area contributed by atoms with E-state index in [0.717, 1.165) is 5.69 Å². The molecule has 0 aromatic heterocycles. The van der Waals surface area contributed by atoms with Gasteiger partial charge in [0, 0.05) is 25.3 Å². The van der Waals surface area contributed by atoms with Gasteiger partial charge in [-0.05, 0) is 43.3 Å². The SMILES string of the molecule is CC(CNC(=O)c1ccccc1OCC(=O)Nc1ccccc1F)N(C)c1ccccc1. The van der Waals surface area contributed by atoms with E-state index in [1.165, 1.54) is 18.2 Å². The highest BCUT2D eigenvalue weighted by Crippen LogP contribution is 2.19. The van der Waals surface area contributed by atoms with E-state index in [-0.39, 0.29) is 30.0 Å². The molecule has 32 heavy (non-hydrogen) atoms. The van der Waals surface area contributed by atoms with Crippen molar-refractivity contribution in [3.63, 3.8) is 0 Å². The molecule has 1 unspecified atom stereocenters. The number of likely N-dealkylation sites (N-methyl/N-ethyl adjacent to an activating group) is 1. The first-order chi connectivity index (χ1) is 15.5. The number of nitrogens with zero attached hydrogens (tertiary/aromatic N) is 1. The molecule has 0 aliphatic carbocycles. The van der Waals surface area contributed by atoms with Crippen molar-refractivity contribution in [1.29, 1.82) is 0 Å². The number of rotatable bonds is 9. The Kier molecular flexibility index (Phi) is 7.80. The Bertz CT molecular complexity index is 1060. The van der Waals surface area contributed by atoms with Crippen LogP contribution in [0.5, 0.6) is 5.75 Å². The smallest absolute Gasteiger partial charge is 0.262 e. The summed E-state index contributed by atoms with van der Waals surface area (Å²) in [6.07, 6.45) is 0. The monoisotopic (exact) mass is 435 g/mol. The molecule has 0 bridgehead atoms. The van der Waals surface area contributed by atoms with E-state index < -0.39 is 11.7 Å². The van der Waals surface area contributed by atoms with Crippen LogP contribution in [0.15, 0.2) is 78.9 Å². The van der Waals surface area contributed by atoms with E-state index >= 15 is 0 Å². The maximum absolute atomic E-state index is 13.7. The number of hydrogen-bond acceptors (Lipinski definition) is 4. The number of carbonyl (C=O) groups is 2. The van der Waals surface area contributed by atoms with Crippen LogP contribution in [0.1, 0.15) is 17.3 Å². The largest absolute Gasteiger partial charge is 0.483 e. The molecular formula is C25H26FN3O3. The zero-order chi connectivity index (χ0) is 22.9. The molecule has 2 N–H and O–H groups in total. The van der Waals surface area contributed by atoms with Crippen LogP contribution in [-0.2, 0) is 4.79 Å². The lowest BCUT2D eigenvalue weighted by Gasteiger charge is -2.27. The molecule has 7 heteroatoms. The van der Waals surface area contributed by atoms with Crippen LogP contribution in [0.2, 0.25) is 0 Å². The second-order valence-electron chi connectivity index (χ2n) is 7.32. The van der Waals surface area contributed by atoms with Gasteiger partial charge in [-0.2, -0.15) is 0 Å². The summed E-state index contributed by atoms with van der Waals surface area (Å²) in [7, 11) is 1.97. The van der Waals surface area contributed by atoms with Crippen molar-refractivity contribution >= 4 is 23.2 Å². The van der Waals surface area contributed by atoms with Crippen molar-refractivity contribution in [2.24, 2.45) is 0 Å². The van der Waals surface area contributed by atoms with Crippen LogP contribution in [0, 0.1) is 5.82 Å². The zero-order valence-electron chi connectivity index (χ0n) is 18.0. The van der Waals surface area contributed by atoms with E-state index in [4.69, 9.17) is 4.74 Å². The fourth-order valence-electron chi connectivity index (χ4n) is 3.06. The van der Waals surface area contributed by atoms with Crippen molar-refractivity contribution in [3.8, 4) is 5.75 Å². The average Bonchev–Trinajstić information content (AvgIpc) is 2.82. The van der Waals surface area contributed by atoms with E-state index in [1.807, 2.05) is 44.3 Å². The third-order valence-electron chi connectivity index (χ3n) is 5.02. The van der Waals surface area contributed by atoms with E-state index in [0.29, 0.717) is 12.1 Å². The predicted molar refractivity (Wildman–Crippen MR) is 124 cm³/mol. The van der Waals surface area contributed by atoms with Gasteiger partial charge in [-0.25, -0.2) is 4.39 Å². The first kappa shape index (κ1) is 22.8. The van der Waals surface area contributed by atoms with Crippen molar-refractivity contribution in [2.45, 2.75) is 13.0 Å². The Balaban J connectivity index is 1.56. The minimum atomic E-state index is -0.532. The molecule has 0 aliphatic rings. The number of carbonyl (C=O) groups excluding carboxylic acids is 2. The summed E-state index contributed by atoms with van der Waals surface area (Å²) in [6.45, 7) is 2.08. The van der Waals surface area contributed by atoms with Gasteiger partial charge in [0.1, 0.15) is 11.6 Å². The van der Waals surface area contributed by atoms with Gasteiger partial charge in [0.05, 0.1) is 11.3 Å².